The predicted octanol–water partition coefficient (Wildman–Crippen LogP) is 3.56. The highest BCUT2D eigenvalue weighted by atomic mass is 16.5. The van der Waals surface area contributed by atoms with Crippen molar-refractivity contribution in [1.82, 2.24) is 19.8 Å². The van der Waals surface area contributed by atoms with Gasteiger partial charge in [-0.2, -0.15) is 0 Å². The number of allylic oxidation sites excluding steroid dienone is 4. The second kappa shape index (κ2) is 9.54. The van der Waals surface area contributed by atoms with Crippen LogP contribution in [-0.2, 0) is 0 Å². The molecule has 0 spiro atoms. The number of methoxy groups -OCH3 is 1. The lowest BCUT2D eigenvalue weighted by atomic mass is 9.90. The summed E-state index contributed by atoms with van der Waals surface area (Å²) in [4.78, 5) is 15.7. The minimum Gasteiger partial charge on any atom is -0.494 e. The van der Waals surface area contributed by atoms with Crippen molar-refractivity contribution in [2.75, 3.05) is 64.3 Å². The Labute approximate surface area is 196 Å². The first-order valence-electron chi connectivity index (χ1n) is 11.1. The van der Waals surface area contributed by atoms with Crippen LogP contribution in [0.15, 0.2) is 54.5 Å². The second-order valence-electron chi connectivity index (χ2n) is 8.73. The molecule has 8 heteroatoms. The average molecular weight is 448 g/mol. The van der Waals surface area contributed by atoms with E-state index in [-0.39, 0.29) is 0 Å². The highest BCUT2D eigenvalue weighted by Crippen LogP contribution is 2.41. The summed E-state index contributed by atoms with van der Waals surface area (Å²) in [5.74, 6) is 1.52. The van der Waals surface area contributed by atoms with Crippen LogP contribution in [0.4, 0.5) is 23.0 Å². The molecule has 0 radical (unpaired) electrons. The number of hydrogen-bond donors (Lipinski definition) is 2. The fourth-order valence-corrected chi connectivity index (χ4v) is 4.24. The molecule has 3 N–H and O–H groups in total. The fourth-order valence-electron chi connectivity index (χ4n) is 4.24. The Morgan fingerprint density at radius 3 is 2.82 bits per heavy atom. The molecule has 2 heterocycles. The molecule has 4 rings (SSSR count). The Bertz CT molecular complexity index is 1110. The summed E-state index contributed by atoms with van der Waals surface area (Å²) in [6, 6.07) is 5.79. The van der Waals surface area contributed by atoms with Gasteiger partial charge in [0.15, 0.2) is 0 Å². The molecule has 1 aromatic heterocycles. The number of fused-ring (bicyclic) bond motifs is 1. The van der Waals surface area contributed by atoms with E-state index in [1.165, 1.54) is 11.3 Å². The van der Waals surface area contributed by atoms with Crippen molar-refractivity contribution in [1.29, 1.82) is 0 Å². The maximum absolute atomic E-state index is 6.40. The molecule has 8 nitrogen and oxygen atoms in total. The van der Waals surface area contributed by atoms with E-state index in [9.17, 15) is 0 Å². The summed E-state index contributed by atoms with van der Waals surface area (Å²) >= 11 is 0. The molecule has 2 aliphatic rings. The Morgan fingerprint density at radius 2 is 2.06 bits per heavy atom. The van der Waals surface area contributed by atoms with E-state index in [1.807, 2.05) is 25.2 Å². The number of anilines is 4. The molecule has 0 saturated heterocycles. The first kappa shape index (κ1) is 22.7. The monoisotopic (exact) mass is 447 g/mol. The van der Waals surface area contributed by atoms with Gasteiger partial charge in [0.05, 0.1) is 29.9 Å². The smallest absolute Gasteiger partial charge is 0.227 e. The Hall–Kier alpha value is -3.52. The minimum absolute atomic E-state index is 0.324. The number of nitrogens with zero attached hydrogens (tertiary/aromatic N) is 5. The molecular formula is C25H33N7O. The summed E-state index contributed by atoms with van der Waals surface area (Å²) in [5.41, 5.74) is 12.1. The SMILES string of the molecule is COc1cc(N(C)CCN(C)C)c(N)cc1Nc1nccc(C2=CN(C)C3=CC=CCC23)n1. The third kappa shape index (κ3) is 4.80. The van der Waals surface area contributed by atoms with Crippen molar-refractivity contribution >= 4 is 28.6 Å². The van der Waals surface area contributed by atoms with E-state index in [2.05, 4.69) is 70.6 Å². The number of hydrogen-bond acceptors (Lipinski definition) is 8. The molecule has 2 aromatic rings. The predicted molar refractivity (Wildman–Crippen MR) is 136 cm³/mol. The number of nitrogens with one attached hydrogen (secondary N) is 1. The van der Waals surface area contributed by atoms with Gasteiger partial charge in [-0.05, 0) is 38.7 Å². The zero-order chi connectivity index (χ0) is 23.5. The summed E-state index contributed by atoms with van der Waals surface area (Å²) in [6.07, 6.45) is 11.4. The van der Waals surface area contributed by atoms with Gasteiger partial charge in [0.25, 0.3) is 0 Å². The van der Waals surface area contributed by atoms with Crippen LogP contribution >= 0.6 is 0 Å². The summed E-state index contributed by atoms with van der Waals surface area (Å²) in [5, 5.41) is 3.30. The third-order valence-electron chi connectivity index (χ3n) is 6.09. The molecule has 174 valence electrons. The Balaban J connectivity index is 1.57. The van der Waals surface area contributed by atoms with Crippen molar-refractivity contribution in [3.05, 3.63) is 60.2 Å². The lowest BCUT2D eigenvalue weighted by Crippen LogP contribution is -2.29. The fraction of sp³-hybridized carbons (Fsp3) is 0.360. The zero-order valence-electron chi connectivity index (χ0n) is 20.0. The van der Waals surface area contributed by atoms with E-state index in [1.54, 1.807) is 13.3 Å². The van der Waals surface area contributed by atoms with Crippen LogP contribution in [0.1, 0.15) is 12.1 Å². The first-order valence-corrected chi connectivity index (χ1v) is 11.1. The summed E-state index contributed by atoms with van der Waals surface area (Å²) in [7, 11) is 9.88. The normalized spacial score (nSPS) is 17.0. The van der Waals surface area contributed by atoms with Crippen molar-refractivity contribution in [3.8, 4) is 5.75 Å². The molecule has 1 aliphatic heterocycles. The Morgan fingerprint density at radius 1 is 1.24 bits per heavy atom. The number of nitrogens with two attached hydrogens (primary N) is 1. The van der Waals surface area contributed by atoms with Gasteiger partial charge < -0.3 is 30.5 Å². The number of ether oxygens (including phenoxy) is 1. The summed E-state index contributed by atoms with van der Waals surface area (Å²) in [6.45, 7) is 1.78. The number of nitrogen functional groups attached to an aromatic ring is 1. The first-order chi connectivity index (χ1) is 15.9. The van der Waals surface area contributed by atoms with Gasteiger partial charge in [-0.3, -0.25) is 0 Å². The van der Waals surface area contributed by atoms with Crippen LogP contribution < -0.4 is 20.7 Å². The van der Waals surface area contributed by atoms with Gasteiger partial charge in [-0.1, -0.05) is 12.2 Å². The highest BCUT2D eigenvalue weighted by molar-refractivity contribution is 5.79. The molecule has 0 saturated carbocycles. The lowest BCUT2D eigenvalue weighted by molar-refractivity contribution is 0.413. The van der Waals surface area contributed by atoms with Crippen LogP contribution in [0.2, 0.25) is 0 Å². The largest absolute Gasteiger partial charge is 0.494 e. The maximum atomic E-state index is 6.40. The van der Waals surface area contributed by atoms with Crippen LogP contribution in [0.5, 0.6) is 5.75 Å². The topological polar surface area (TPSA) is 82.8 Å². The molecule has 33 heavy (non-hydrogen) atoms. The van der Waals surface area contributed by atoms with E-state index < -0.39 is 0 Å². The number of benzene rings is 1. The maximum Gasteiger partial charge on any atom is 0.227 e. The van der Waals surface area contributed by atoms with Crippen molar-refractivity contribution in [3.63, 3.8) is 0 Å². The number of likely N-dealkylation sites (N-methyl/N-ethyl adjacent to an activating group) is 2. The average Bonchev–Trinajstić information content (AvgIpc) is 3.14. The number of rotatable bonds is 8. The van der Waals surface area contributed by atoms with Crippen LogP contribution in [0.25, 0.3) is 5.57 Å². The van der Waals surface area contributed by atoms with Gasteiger partial charge >= 0.3 is 0 Å². The van der Waals surface area contributed by atoms with E-state index in [0.717, 1.165) is 36.6 Å². The van der Waals surface area contributed by atoms with E-state index in [4.69, 9.17) is 15.5 Å². The van der Waals surface area contributed by atoms with E-state index >= 15 is 0 Å². The third-order valence-corrected chi connectivity index (χ3v) is 6.09. The number of aromatic nitrogens is 2. The minimum atomic E-state index is 0.324. The molecule has 1 atom stereocenters. The van der Waals surface area contributed by atoms with Crippen LogP contribution in [-0.4, -0.2) is 68.2 Å². The van der Waals surface area contributed by atoms with Crippen LogP contribution in [0.3, 0.4) is 0 Å². The second-order valence-corrected chi connectivity index (χ2v) is 8.73. The van der Waals surface area contributed by atoms with Crippen molar-refractivity contribution in [2.24, 2.45) is 5.92 Å². The van der Waals surface area contributed by atoms with E-state index in [0.29, 0.717) is 23.3 Å². The van der Waals surface area contributed by atoms with Gasteiger partial charge in [-0.15, -0.1) is 0 Å². The summed E-state index contributed by atoms with van der Waals surface area (Å²) < 4.78 is 5.66. The van der Waals surface area contributed by atoms with Crippen LogP contribution in [0, 0.1) is 5.92 Å². The Kier molecular flexibility index (Phi) is 6.55. The standard InChI is InChI=1S/C25H33N7O/c1-30(2)12-13-31(3)23-15-24(33-5)21(14-19(23)26)29-25-27-11-10-20(28-25)18-16-32(4)22-9-7-6-8-17(18)22/h6-7,9-11,14-17H,8,12-13,26H2,1-5H3,(H,27,28,29). The molecule has 1 unspecified atom stereocenters. The molecule has 1 aromatic carbocycles. The lowest BCUT2D eigenvalue weighted by Gasteiger charge is -2.24. The molecule has 0 bridgehead atoms. The van der Waals surface area contributed by atoms with Gasteiger partial charge in [0, 0.05) is 62.8 Å². The highest BCUT2D eigenvalue weighted by Gasteiger charge is 2.30. The molecular weight excluding hydrogens is 414 g/mol. The van der Waals surface area contributed by atoms with Gasteiger partial charge in [0.2, 0.25) is 5.95 Å². The van der Waals surface area contributed by atoms with Gasteiger partial charge in [-0.25, -0.2) is 9.97 Å². The van der Waals surface area contributed by atoms with Gasteiger partial charge in [0.1, 0.15) is 5.75 Å². The molecule has 0 amide bonds. The van der Waals surface area contributed by atoms with Crippen molar-refractivity contribution < 1.29 is 4.74 Å². The molecule has 0 fully saturated rings. The quantitative estimate of drug-likeness (QED) is 0.595. The van der Waals surface area contributed by atoms with Crippen molar-refractivity contribution in [2.45, 2.75) is 6.42 Å². The molecule has 1 aliphatic carbocycles. The zero-order valence-corrected chi connectivity index (χ0v) is 20.0.